The summed E-state index contributed by atoms with van der Waals surface area (Å²) in [6.07, 6.45) is 0. The van der Waals surface area contributed by atoms with Crippen molar-refractivity contribution in [2.45, 2.75) is 11.0 Å². The smallest absolute Gasteiger partial charge is 0.275 e. The van der Waals surface area contributed by atoms with E-state index in [2.05, 4.69) is 10.4 Å². The second-order valence-electron chi connectivity index (χ2n) is 3.98. The van der Waals surface area contributed by atoms with Gasteiger partial charge in [0.15, 0.2) is 5.58 Å². The van der Waals surface area contributed by atoms with Gasteiger partial charge in [0.1, 0.15) is 5.52 Å². The first-order valence-corrected chi connectivity index (χ1v) is 7.64. The van der Waals surface area contributed by atoms with E-state index in [1.165, 1.54) is 23.1 Å². The van der Waals surface area contributed by atoms with E-state index in [9.17, 15) is 4.79 Å². The molecule has 0 fully saturated rings. The number of hydrazine groups is 1. The minimum Gasteiger partial charge on any atom is -0.431 e. The number of fused-ring (bicyclic) bond motifs is 1. The lowest BCUT2D eigenvalue weighted by atomic mass is 10.3. The van der Waals surface area contributed by atoms with E-state index in [4.69, 9.17) is 10.3 Å². The molecule has 0 unspecified atom stereocenters. The molecule has 102 valence electrons. The summed E-state index contributed by atoms with van der Waals surface area (Å²) >= 11 is 2.91. The zero-order valence-electron chi connectivity index (χ0n) is 10.3. The van der Waals surface area contributed by atoms with E-state index >= 15 is 0 Å². The first-order valence-electron chi connectivity index (χ1n) is 5.84. The highest BCUT2D eigenvalue weighted by molar-refractivity contribution is 7.98. The number of nitrogens with zero attached hydrogens (tertiary/aromatic N) is 1. The molecule has 0 atom stereocenters. The molecule has 0 aliphatic rings. The molecule has 3 rings (SSSR count). The van der Waals surface area contributed by atoms with E-state index in [1.807, 2.05) is 30.3 Å². The van der Waals surface area contributed by atoms with Crippen LogP contribution in [0.15, 0.2) is 46.0 Å². The number of hydrogen-bond acceptors (Lipinski definition) is 6. The summed E-state index contributed by atoms with van der Waals surface area (Å²) in [6, 6.07) is 11.3. The van der Waals surface area contributed by atoms with Crippen LogP contribution in [-0.4, -0.2) is 10.9 Å². The predicted molar refractivity (Wildman–Crippen MR) is 79.5 cm³/mol. The summed E-state index contributed by atoms with van der Waals surface area (Å²) in [5.41, 5.74) is 3.75. The molecule has 0 radical (unpaired) electrons. The van der Waals surface area contributed by atoms with Gasteiger partial charge in [-0.25, -0.2) is 10.8 Å². The number of rotatable bonds is 4. The van der Waals surface area contributed by atoms with Crippen molar-refractivity contribution in [2.24, 2.45) is 5.84 Å². The van der Waals surface area contributed by atoms with Crippen molar-refractivity contribution in [1.29, 1.82) is 0 Å². The first kappa shape index (κ1) is 13.2. The molecule has 0 bridgehead atoms. The maximum Gasteiger partial charge on any atom is 0.275 e. The fraction of sp³-hybridized carbons (Fsp3) is 0.0769. The van der Waals surface area contributed by atoms with Crippen molar-refractivity contribution >= 4 is 40.1 Å². The minimum atomic E-state index is -0.270. The lowest BCUT2D eigenvalue weighted by molar-refractivity contribution is 0.0957. The Labute approximate surface area is 123 Å². The molecular weight excluding hydrogens is 294 g/mol. The van der Waals surface area contributed by atoms with Crippen LogP contribution in [0, 0.1) is 0 Å². The molecule has 7 heteroatoms. The Hall–Kier alpha value is -1.83. The number of aromatic nitrogens is 1. The van der Waals surface area contributed by atoms with E-state index < -0.39 is 0 Å². The molecule has 1 aromatic carbocycles. The van der Waals surface area contributed by atoms with Crippen molar-refractivity contribution in [3.63, 3.8) is 0 Å². The SMILES string of the molecule is NNC(=O)c1ccc(CSc2nc3ccccc3o2)s1. The van der Waals surface area contributed by atoms with Crippen LogP contribution < -0.4 is 11.3 Å². The standard InChI is InChI=1S/C13H11N3O2S2/c14-16-12(17)11-6-5-8(20-11)7-19-13-15-9-3-1-2-4-10(9)18-13/h1-6H,7,14H2,(H,16,17). The maximum atomic E-state index is 11.4. The monoisotopic (exact) mass is 305 g/mol. The summed E-state index contributed by atoms with van der Waals surface area (Å²) in [4.78, 5) is 17.4. The van der Waals surface area contributed by atoms with Crippen LogP contribution in [0.3, 0.4) is 0 Å². The van der Waals surface area contributed by atoms with Crippen molar-refractivity contribution < 1.29 is 9.21 Å². The van der Waals surface area contributed by atoms with Crippen molar-refractivity contribution in [3.05, 3.63) is 46.2 Å². The summed E-state index contributed by atoms with van der Waals surface area (Å²) in [7, 11) is 0. The van der Waals surface area contributed by atoms with E-state index in [0.29, 0.717) is 15.9 Å². The molecule has 0 saturated heterocycles. The third-order valence-corrected chi connectivity index (χ3v) is 4.77. The van der Waals surface area contributed by atoms with Crippen LogP contribution in [0.4, 0.5) is 0 Å². The molecule has 1 amide bonds. The molecule has 2 heterocycles. The molecule has 3 N–H and O–H groups in total. The van der Waals surface area contributed by atoms with E-state index in [1.54, 1.807) is 6.07 Å². The molecule has 0 spiro atoms. The zero-order valence-corrected chi connectivity index (χ0v) is 12.0. The van der Waals surface area contributed by atoms with E-state index in [0.717, 1.165) is 16.0 Å². The van der Waals surface area contributed by atoms with Crippen LogP contribution in [-0.2, 0) is 5.75 Å². The van der Waals surface area contributed by atoms with Gasteiger partial charge < -0.3 is 4.42 Å². The van der Waals surface area contributed by atoms with Gasteiger partial charge in [-0.15, -0.1) is 11.3 Å². The molecule has 20 heavy (non-hydrogen) atoms. The number of carbonyl (C=O) groups excluding carboxylic acids is 1. The van der Waals surface area contributed by atoms with Gasteiger partial charge in [-0.05, 0) is 24.3 Å². The quantitative estimate of drug-likeness (QED) is 0.335. The summed E-state index contributed by atoms with van der Waals surface area (Å²) in [5.74, 6) is 5.53. The Morgan fingerprint density at radius 2 is 2.20 bits per heavy atom. The Bertz CT molecular complexity index is 718. The number of amides is 1. The number of para-hydroxylation sites is 2. The molecule has 0 saturated carbocycles. The maximum absolute atomic E-state index is 11.4. The summed E-state index contributed by atoms with van der Waals surface area (Å²) < 4.78 is 5.62. The number of oxazole rings is 1. The number of nitrogens with two attached hydrogens (primary N) is 1. The van der Waals surface area contributed by atoms with Crippen LogP contribution in [0.5, 0.6) is 0 Å². The van der Waals surface area contributed by atoms with Crippen LogP contribution in [0.2, 0.25) is 0 Å². The summed E-state index contributed by atoms with van der Waals surface area (Å²) in [5, 5.41) is 0.629. The van der Waals surface area contributed by atoms with E-state index in [-0.39, 0.29) is 5.91 Å². The lowest BCUT2D eigenvalue weighted by Crippen LogP contribution is -2.29. The Morgan fingerprint density at radius 3 is 3.00 bits per heavy atom. The van der Waals surface area contributed by atoms with Crippen LogP contribution in [0.25, 0.3) is 11.1 Å². The number of thioether (sulfide) groups is 1. The van der Waals surface area contributed by atoms with Gasteiger partial charge in [0.25, 0.3) is 11.1 Å². The zero-order chi connectivity index (χ0) is 13.9. The minimum absolute atomic E-state index is 0.270. The van der Waals surface area contributed by atoms with Crippen molar-refractivity contribution in [3.8, 4) is 0 Å². The molecular formula is C13H11N3O2S2. The molecule has 3 aromatic rings. The number of thiophene rings is 1. The number of nitrogen functional groups attached to an aromatic ring is 1. The largest absolute Gasteiger partial charge is 0.431 e. The average molecular weight is 305 g/mol. The third-order valence-electron chi connectivity index (χ3n) is 2.63. The molecule has 2 aromatic heterocycles. The number of benzene rings is 1. The first-order chi connectivity index (χ1) is 9.76. The fourth-order valence-electron chi connectivity index (χ4n) is 1.69. The van der Waals surface area contributed by atoms with Gasteiger partial charge in [-0.2, -0.15) is 0 Å². The van der Waals surface area contributed by atoms with Gasteiger partial charge in [0.05, 0.1) is 4.88 Å². The Kier molecular flexibility index (Phi) is 3.72. The highest BCUT2D eigenvalue weighted by atomic mass is 32.2. The van der Waals surface area contributed by atoms with Crippen molar-refractivity contribution in [2.75, 3.05) is 0 Å². The third kappa shape index (κ3) is 2.69. The molecule has 0 aliphatic heterocycles. The second kappa shape index (κ2) is 5.66. The molecule has 0 aliphatic carbocycles. The van der Waals surface area contributed by atoms with Gasteiger partial charge in [0.2, 0.25) is 0 Å². The highest BCUT2D eigenvalue weighted by Crippen LogP contribution is 2.28. The topological polar surface area (TPSA) is 81.1 Å². The highest BCUT2D eigenvalue weighted by Gasteiger charge is 2.10. The normalized spacial score (nSPS) is 10.8. The summed E-state index contributed by atoms with van der Waals surface area (Å²) in [6.45, 7) is 0. The number of hydrogen-bond donors (Lipinski definition) is 2. The van der Waals surface area contributed by atoms with Gasteiger partial charge in [-0.1, -0.05) is 23.9 Å². The Morgan fingerprint density at radius 1 is 1.35 bits per heavy atom. The van der Waals surface area contributed by atoms with Gasteiger partial charge in [0, 0.05) is 10.6 Å². The Balaban J connectivity index is 1.69. The fourth-order valence-corrected chi connectivity index (χ4v) is 3.49. The average Bonchev–Trinajstić information content (AvgIpc) is 3.10. The predicted octanol–water partition coefficient (Wildman–Crippen LogP) is 2.79. The van der Waals surface area contributed by atoms with Crippen LogP contribution >= 0.6 is 23.1 Å². The number of nitrogens with one attached hydrogen (secondary N) is 1. The van der Waals surface area contributed by atoms with Gasteiger partial charge in [-0.3, -0.25) is 10.2 Å². The number of carbonyl (C=O) groups is 1. The van der Waals surface area contributed by atoms with Gasteiger partial charge >= 0.3 is 0 Å². The lowest BCUT2D eigenvalue weighted by Gasteiger charge is -1.94. The molecule has 5 nitrogen and oxygen atoms in total. The van der Waals surface area contributed by atoms with Crippen LogP contribution in [0.1, 0.15) is 14.5 Å². The van der Waals surface area contributed by atoms with Crippen molar-refractivity contribution in [1.82, 2.24) is 10.4 Å². The second-order valence-corrected chi connectivity index (χ2v) is 6.07.